The third-order valence-electron chi connectivity index (χ3n) is 3.56. The largest absolute Gasteiger partial charge is 0.351 e. The van der Waals surface area contributed by atoms with Crippen molar-refractivity contribution in [1.29, 1.82) is 0 Å². The van der Waals surface area contributed by atoms with E-state index in [1.165, 1.54) is 0 Å². The number of amides is 1. The minimum atomic E-state index is -3.41. The molecular weight excluding hydrogens is 314 g/mol. The Morgan fingerprint density at radius 3 is 2.36 bits per heavy atom. The molecule has 0 heterocycles. The van der Waals surface area contributed by atoms with Gasteiger partial charge in [-0.2, -0.15) is 0 Å². The lowest BCUT2D eigenvalue weighted by atomic mass is 10.2. The minimum absolute atomic E-state index is 0.0276. The number of hydrogen-bond donors (Lipinski definition) is 2. The molecule has 1 amide bonds. The van der Waals surface area contributed by atoms with Crippen LogP contribution in [0.25, 0.3) is 0 Å². The maximum atomic E-state index is 13.4. The maximum absolute atomic E-state index is 13.4. The standard InChI is InChI=1S/C14H18F2N2O3S/c1-14(5-6-14)9-22(20,21)18-8-7-17-13(19)12-10(15)3-2-4-11(12)16/h2-4,18H,5-9H2,1H3,(H,17,19). The SMILES string of the molecule is CC1(CS(=O)(=O)NCCNC(=O)c2c(F)cccc2F)CC1. The predicted octanol–water partition coefficient (Wildman–Crippen LogP) is 1.41. The molecule has 0 unspecified atom stereocenters. The average molecular weight is 332 g/mol. The van der Waals surface area contributed by atoms with Gasteiger partial charge in [0.1, 0.15) is 17.2 Å². The molecule has 0 spiro atoms. The second-order valence-corrected chi connectivity index (χ2v) is 7.62. The van der Waals surface area contributed by atoms with Crippen molar-refractivity contribution in [3.05, 3.63) is 35.4 Å². The van der Waals surface area contributed by atoms with Crippen molar-refractivity contribution in [1.82, 2.24) is 10.0 Å². The highest BCUT2D eigenvalue weighted by Gasteiger charge is 2.41. The van der Waals surface area contributed by atoms with Gasteiger partial charge in [0.25, 0.3) is 5.91 Å². The van der Waals surface area contributed by atoms with Crippen LogP contribution in [0.3, 0.4) is 0 Å². The summed E-state index contributed by atoms with van der Waals surface area (Å²) in [6.07, 6.45) is 1.77. The Kier molecular flexibility index (Phi) is 4.81. The number of carbonyl (C=O) groups is 1. The summed E-state index contributed by atoms with van der Waals surface area (Å²) in [5, 5.41) is 2.29. The summed E-state index contributed by atoms with van der Waals surface area (Å²) in [5.41, 5.74) is -0.818. The van der Waals surface area contributed by atoms with E-state index < -0.39 is 33.1 Å². The summed E-state index contributed by atoms with van der Waals surface area (Å²) >= 11 is 0. The first-order valence-electron chi connectivity index (χ1n) is 6.92. The van der Waals surface area contributed by atoms with Gasteiger partial charge in [0.05, 0.1) is 5.75 Å². The van der Waals surface area contributed by atoms with Crippen LogP contribution in [0, 0.1) is 17.0 Å². The van der Waals surface area contributed by atoms with E-state index in [2.05, 4.69) is 10.0 Å². The van der Waals surface area contributed by atoms with Gasteiger partial charge in [-0.1, -0.05) is 13.0 Å². The van der Waals surface area contributed by atoms with E-state index in [1.807, 2.05) is 6.92 Å². The van der Waals surface area contributed by atoms with Crippen LogP contribution in [0.15, 0.2) is 18.2 Å². The summed E-state index contributed by atoms with van der Waals surface area (Å²) in [6, 6.07) is 3.13. The third kappa shape index (κ3) is 4.48. The van der Waals surface area contributed by atoms with Crippen molar-refractivity contribution in [3.63, 3.8) is 0 Å². The lowest BCUT2D eigenvalue weighted by molar-refractivity contribution is 0.0946. The van der Waals surface area contributed by atoms with Crippen LogP contribution < -0.4 is 10.0 Å². The first-order chi connectivity index (χ1) is 10.2. The fraction of sp³-hybridized carbons (Fsp3) is 0.500. The highest BCUT2D eigenvalue weighted by atomic mass is 32.2. The van der Waals surface area contributed by atoms with E-state index in [9.17, 15) is 22.0 Å². The van der Waals surface area contributed by atoms with E-state index >= 15 is 0 Å². The average Bonchev–Trinajstić information content (AvgIpc) is 3.11. The van der Waals surface area contributed by atoms with E-state index in [0.717, 1.165) is 31.0 Å². The third-order valence-corrected chi connectivity index (χ3v) is 5.29. The number of benzene rings is 1. The smallest absolute Gasteiger partial charge is 0.257 e. The van der Waals surface area contributed by atoms with Crippen molar-refractivity contribution in [2.24, 2.45) is 5.41 Å². The van der Waals surface area contributed by atoms with Gasteiger partial charge in [0.15, 0.2) is 0 Å². The molecule has 0 aliphatic heterocycles. The number of sulfonamides is 1. The van der Waals surface area contributed by atoms with Crippen LogP contribution in [0.2, 0.25) is 0 Å². The van der Waals surface area contributed by atoms with Crippen LogP contribution in [-0.4, -0.2) is 33.2 Å². The van der Waals surface area contributed by atoms with Crippen molar-refractivity contribution in [2.45, 2.75) is 19.8 Å². The number of halogens is 2. The number of hydrogen-bond acceptors (Lipinski definition) is 3. The quantitative estimate of drug-likeness (QED) is 0.742. The Morgan fingerprint density at radius 2 is 1.82 bits per heavy atom. The van der Waals surface area contributed by atoms with Gasteiger partial charge >= 0.3 is 0 Å². The fourth-order valence-electron chi connectivity index (χ4n) is 2.05. The van der Waals surface area contributed by atoms with E-state index in [1.54, 1.807) is 0 Å². The molecule has 1 aliphatic carbocycles. The van der Waals surface area contributed by atoms with E-state index in [0.29, 0.717) is 0 Å². The zero-order valence-corrected chi connectivity index (χ0v) is 13.0. The zero-order chi connectivity index (χ0) is 16.4. The molecule has 1 saturated carbocycles. The molecule has 1 aromatic carbocycles. The first-order valence-corrected chi connectivity index (χ1v) is 8.57. The molecule has 22 heavy (non-hydrogen) atoms. The molecule has 5 nitrogen and oxygen atoms in total. The molecule has 8 heteroatoms. The van der Waals surface area contributed by atoms with Gasteiger partial charge in [0, 0.05) is 13.1 Å². The minimum Gasteiger partial charge on any atom is -0.351 e. The molecule has 0 atom stereocenters. The lowest BCUT2D eigenvalue weighted by Crippen LogP contribution is -2.37. The fourth-order valence-corrected chi connectivity index (χ4v) is 3.77. The summed E-state index contributed by atoms with van der Waals surface area (Å²) in [7, 11) is -3.41. The Hall–Kier alpha value is -1.54. The molecule has 0 aromatic heterocycles. The van der Waals surface area contributed by atoms with Crippen molar-refractivity contribution >= 4 is 15.9 Å². The zero-order valence-electron chi connectivity index (χ0n) is 12.2. The van der Waals surface area contributed by atoms with Gasteiger partial charge in [-0.3, -0.25) is 4.79 Å². The molecule has 1 aliphatic rings. The highest BCUT2D eigenvalue weighted by molar-refractivity contribution is 7.89. The molecule has 2 N–H and O–H groups in total. The Bertz CT molecular complexity index is 652. The number of nitrogens with one attached hydrogen (secondary N) is 2. The lowest BCUT2D eigenvalue weighted by Gasteiger charge is -2.11. The van der Waals surface area contributed by atoms with Crippen LogP contribution in [0.5, 0.6) is 0 Å². The molecule has 122 valence electrons. The molecule has 1 aromatic rings. The van der Waals surface area contributed by atoms with Crippen molar-refractivity contribution in [2.75, 3.05) is 18.8 Å². The molecule has 2 rings (SSSR count). The van der Waals surface area contributed by atoms with Gasteiger partial charge < -0.3 is 5.32 Å². The Labute approximate surface area is 128 Å². The Morgan fingerprint density at radius 1 is 1.23 bits per heavy atom. The summed E-state index contributed by atoms with van der Waals surface area (Å²) in [4.78, 5) is 11.7. The molecular formula is C14H18F2N2O3S. The summed E-state index contributed by atoms with van der Waals surface area (Å²) < 4.78 is 52.7. The number of rotatable bonds is 7. The Balaban J connectivity index is 1.80. The first kappa shape index (κ1) is 16.8. The maximum Gasteiger partial charge on any atom is 0.257 e. The summed E-state index contributed by atoms with van der Waals surface area (Å²) in [6.45, 7) is 1.82. The van der Waals surface area contributed by atoms with Gasteiger partial charge in [-0.15, -0.1) is 0 Å². The summed E-state index contributed by atoms with van der Waals surface area (Å²) in [5.74, 6) is -2.78. The van der Waals surface area contributed by atoms with Gasteiger partial charge in [0.2, 0.25) is 10.0 Å². The van der Waals surface area contributed by atoms with Gasteiger partial charge in [-0.25, -0.2) is 21.9 Å². The molecule has 0 radical (unpaired) electrons. The van der Waals surface area contributed by atoms with Crippen LogP contribution in [0.1, 0.15) is 30.1 Å². The van der Waals surface area contributed by atoms with Crippen LogP contribution in [0.4, 0.5) is 8.78 Å². The second kappa shape index (κ2) is 6.29. The molecule has 0 bridgehead atoms. The van der Waals surface area contributed by atoms with Crippen LogP contribution >= 0.6 is 0 Å². The topological polar surface area (TPSA) is 75.3 Å². The second-order valence-electron chi connectivity index (χ2n) is 5.82. The highest BCUT2D eigenvalue weighted by Crippen LogP contribution is 2.45. The molecule has 0 saturated heterocycles. The van der Waals surface area contributed by atoms with Gasteiger partial charge in [-0.05, 0) is 30.4 Å². The van der Waals surface area contributed by atoms with Crippen LogP contribution in [-0.2, 0) is 10.0 Å². The monoisotopic (exact) mass is 332 g/mol. The normalized spacial score (nSPS) is 16.3. The van der Waals surface area contributed by atoms with E-state index in [-0.39, 0.29) is 24.3 Å². The van der Waals surface area contributed by atoms with Crippen molar-refractivity contribution < 1.29 is 22.0 Å². The number of carbonyl (C=O) groups excluding carboxylic acids is 1. The molecule has 1 fully saturated rings. The van der Waals surface area contributed by atoms with E-state index in [4.69, 9.17) is 0 Å². The van der Waals surface area contributed by atoms with Crippen molar-refractivity contribution in [3.8, 4) is 0 Å². The predicted molar refractivity (Wildman–Crippen MR) is 77.8 cm³/mol.